The summed E-state index contributed by atoms with van der Waals surface area (Å²) in [5.74, 6) is 0.826. The molecule has 1 heterocycles. The minimum Gasteiger partial charge on any atom is -1.00 e. The van der Waals surface area contributed by atoms with Crippen molar-refractivity contribution in [2.45, 2.75) is 13.5 Å². The van der Waals surface area contributed by atoms with Gasteiger partial charge in [0.05, 0.1) is 7.11 Å². The van der Waals surface area contributed by atoms with Crippen LogP contribution in [0.25, 0.3) is 12.2 Å². The summed E-state index contributed by atoms with van der Waals surface area (Å²) in [5.41, 5.74) is 0.904. The Morgan fingerprint density at radius 2 is 2.19 bits per heavy atom. The molecular weight excluding hydrogens is 352 g/mol. The number of halogens is 1. The van der Waals surface area contributed by atoms with Crippen molar-refractivity contribution < 1.29 is 31.5 Å². The third kappa shape index (κ3) is 4.41. The van der Waals surface area contributed by atoms with Gasteiger partial charge in [0.2, 0.25) is 0 Å². The molecule has 0 spiro atoms. The highest BCUT2D eigenvalue weighted by Gasteiger charge is 2.13. The first-order chi connectivity index (χ1) is 9.63. The number of allylic oxidation sites excluding steroid dienone is 1. The number of aromatic hydroxyl groups is 1. The van der Waals surface area contributed by atoms with Crippen molar-refractivity contribution in [3.05, 3.63) is 46.4 Å². The second-order valence-corrected chi connectivity index (χ2v) is 5.40. The molecule has 2 aromatic rings. The molecule has 0 atom stereocenters. The molecule has 0 unspecified atom stereocenters. The Bertz CT molecular complexity index is 653. The van der Waals surface area contributed by atoms with Crippen LogP contribution in [-0.2, 0) is 6.54 Å². The molecule has 21 heavy (non-hydrogen) atoms. The van der Waals surface area contributed by atoms with Crippen LogP contribution in [0.2, 0.25) is 0 Å². The molecule has 1 aromatic heterocycles. The van der Waals surface area contributed by atoms with E-state index in [9.17, 15) is 5.11 Å². The van der Waals surface area contributed by atoms with E-state index in [1.54, 1.807) is 30.6 Å². The van der Waals surface area contributed by atoms with Gasteiger partial charge in [0.15, 0.2) is 11.6 Å². The van der Waals surface area contributed by atoms with E-state index in [0.717, 1.165) is 15.6 Å². The SMILES string of the molecule is C=CC[n+]1nc(C)sc1/C=C/c1ccc(O)cc1OC.[Br-]. The molecule has 112 valence electrons. The highest BCUT2D eigenvalue weighted by atomic mass is 79.9. The average Bonchev–Trinajstić information content (AvgIpc) is 2.78. The molecule has 0 bridgehead atoms. The number of aromatic nitrogens is 2. The van der Waals surface area contributed by atoms with E-state index < -0.39 is 0 Å². The lowest BCUT2D eigenvalue weighted by molar-refractivity contribution is -0.741. The number of ether oxygens (including phenoxy) is 1. The standard InChI is InChI=1S/C15H16N2O2S.BrH/c1-4-9-17-15(20-11(2)16-17)8-6-12-5-7-13(18)10-14(12)19-3;/h4-8,10H,1,9H2,2-3H3;1H. The Morgan fingerprint density at radius 1 is 1.43 bits per heavy atom. The molecule has 1 N–H and O–H groups in total. The number of nitrogens with zero attached hydrogens (tertiary/aromatic N) is 2. The number of benzene rings is 1. The Hall–Kier alpha value is -1.66. The lowest BCUT2D eigenvalue weighted by Gasteiger charge is -2.04. The average molecular weight is 369 g/mol. The van der Waals surface area contributed by atoms with Crippen molar-refractivity contribution in [2.75, 3.05) is 7.11 Å². The quantitative estimate of drug-likeness (QED) is 0.587. The number of aryl methyl sites for hydroxylation is 1. The van der Waals surface area contributed by atoms with Crippen LogP contribution < -0.4 is 26.4 Å². The summed E-state index contributed by atoms with van der Waals surface area (Å²) in [4.78, 5) is 0. The fourth-order valence-corrected chi connectivity index (χ4v) is 2.61. The molecule has 4 nitrogen and oxygen atoms in total. The number of methoxy groups -OCH3 is 1. The lowest BCUT2D eigenvalue weighted by Crippen LogP contribution is -3.00. The van der Waals surface area contributed by atoms with Crippen LogP contribution in [0.4, 0.5) is 0 Å². The number of hydrogen-bond acceptors (Lipinski definition) is 4. The normalized spacial score (nSPS) is 10.4. The molecular formula is C15H17BrN2O2S. The second-order valence-electron chi connectivity index (χ2n) is 4.19. The molecule has 0 aliphatic carbocycles. The zero-order valence-corrected chi connectivity index (χ0v) is 14.3. The minimum atomic E-state index is 0. The molecule has 0 saturated carbocycles. The second kappa shape index (κ2) is 7.95. The Labute approximate surface area is 138 Å². The summed E-state index contributed by atoms with van der Waals surface area (Å²) in [6, 6.07) is 5.05. The van der Waals surface area contributed by atoms with Gasteiger partial charge in [-0.1, -0.05) is 11.3 Å². The first-order valence-corrected chi connectivity index (χ1v) is 6.99. The summed E-state index contributed by atoms with van der Waals surface area (Å²) in [7, 11) is 1.58. The lowest BCUT2D eigenvalue weighted by atomic mass is 10.2. The monoisotopic (exact) mass is 368 g/mol. The Kier molecular flexibility index (Phi) is 6.58. The van der Waals surface area contributed by atoms with Gasteiger partial charge in [-0.05, 0) is 42.5 Å². The number of phenols is 1. The van der Waals surface area contributed by atoms with Gasteiger partial charge in [-0.15, -0.1) is 0 Å². The fourth-order valence-electron chi connectivity index (χ4n) is 1.82. The third-order valence-electron chi connectivity index (χ3n) is 2.69. The van der Waals surface area contributed by atoms with Crippen LogP contribution >= 0.6 is 11.3 Å². The van der Waals surface area contributed by atoms with E-state index in [1.165, 1.54) is 0 Å². The Morgan fingerprint density at radius 3 is 2.86 bits per heavy atom. The molecule has 2 rings (SSSR count). The zero-order valence-electron chi connectivity index (χ0n) is 11.9. The summed E-state index contributed by atoms with van der Waals surface area (Å²) in [6.45, 7) is 6.39. The van der Waals surface area contributed by atoms with Crippen molar-refractivity contribution in [2.24, 2.45) is 0 Å². The van der Waals surface area contributed by atoms with Gasteiger partial charge < -0.3 is 26.8 Å². The van der Waals surface area contributed by atoms with Crippen LogP contribution in [-0.4, -0.2) is 17.3 Å². The van der Waals surface area contributed by atoms with Gasteiger partial charge in [-0.2, -0.15) is 0 Å². The van der Waals surface area contributed by atoms with Gasteiger partial charge in [0.25, 0.3) is 5.01 Å². The van der Waals surface area contributed by atoms with Crippen LogP contribution in [0, 0.1) is 6.92 Å². The van der Waals surface area contributed by atoms with Gasteiger partial charge in [-0.3, -0.25) is 0 Å². The highest BCUT2D eigenvalue weighted by Crippen LogP contribution is 2.25. The largest absolute Gasteiger partial charge is 1.00 e. The smallest absolute Gasteiger partial charge is 0.289 e. The van der Waals surface area contributed by atoms with Crippen molar-refractivity contribution >= 4 is 23.5 Å². The summed E-state index contributed by atoms with van der Waals surface area (Å²) in [5, 5.41) is 15.9. The first-order valence-electron chi connectivity index (χ1n) is 6.17. The van der Waals surface area contributed by atoms with Gasteiger partial charge in [0.1, 0.15) is 11.5 Å². The Balaban J connectivity index is 0.00000220. The number of hydrogen-bond donors (Lipinski definition) is 1. The van der Waals surface area contributed by atoms with E-state index in [0.29, 0.717) is 12.3 Å². The summed E-state index contributed by atoms with van der Waals surface area (Å²) < 4.78 is 7.15. The number of phenolic OH excluding ortho intramolecular Hbond substituents is 1. The number of rotatable bonds is 5. The van der Waals surface area contributed by atoms with E-state index in [2.05, 4.69) is 11.7 Å². The van der Waals surface area contributed by atoms with Crippen molar-refractivity contribution in [3.8, 4) is 11.5 Å². The van der Waals surface area contributed by atoms with Crippen molar-refractivity contribution in [1.29, 1.82) is 0 Å². The third-order valence-corrected chi connectivity index (χ3v) is 3.63. The molecule has 0 aliphatic rings. The van der Waals surface area contributed by atoms with Crippen LogP contribution in [0.15, 0.2) is 30.9 Å². The van der Waals surface area contributed by atoms with Gasteiger partial charge in [-0.25, -0.2) is 0 Å². The predicted molar refractivity (Wildman–Crippen MR) is 80.8 cm³/mol. The fraction of sp³-hybridized carbons (Fsp3) is 0.200. The molecule has 0 amide bonds. The van der Waals surface area contributed by atoms with E-state index in [1.807, 2.05) is 35.9 Å². The van der Waals surface area contributed by atoms with Crippen LogP contribution in [0.5, 0.6) is 11.5 Å². The topological polar surface area (TPSA) is 46.2 Å². The maximum absolute atomic E-state index is 9.44. The molecule has 0 radical (unpaired) electrons. The highest BCUT2D eigenvalue weighted by molar-refractivity contribution is 7.11. The minimum absolute atomic E-state index is 0. The van der Waals surface area contributed by atoms with Gasteiger partial charge >= 0.3 is 0 Å². The molecule has 1 aromatic carbocycles. The maximum Gasteiger partial charge on any atom is 0.289 e. The molecule has 6 heteroatoms. The van der Waals surface area contributed by atoms with Crippen LogP contribution in [0.3, 0.4) is 0 Å². The summed E-state index contributed by atoms with van der Waals surface area (Å²) in [6.07, 6.45) is 5.76. The van der Waals surface area contributed by atoms with Crippen molar-refractivity contribution in [1.82, 2.24) is 5.10 Å². The van der Waals surface area contributed by atoms with E-state index in [-0.39, 0.29) is 22.7 Å². The molecule has 0 saturated heterocycles. The summed E-state index contributed by atoms with van der Waals surface area (Å²) >= 11 is 1.62. The molecule has 0 fully saturated rings. The van der Waals surface area contributed by atoms with Gasteiger partial charge in [0, 0.05) is 22.8 Å². The zero-order chi connectivity index (χ0) is 14.5. The van der Waals surface area contributed by atoms with E-state index in [4.69, 9.17) is 4.74 Å². The maximum atomic E-state index is 9.44. The first kappa shape index (κ1) is 17.4. The predicted octanol–water partition coefficient (Wildman–Crippen LogP) is -0.186. The van der Waals surface area contributed by atoms with Crippen LogP contribution in [0.1, 0.15) is 15.6 Å². The molecule has 0 aliphatic heterocycles. The van der Waals surface area contributed by atoms with E-state index >= 15 is 0 Å². The van der Waals surface area contributed by atoms with Crippen molar-refractivity contribution in [3.63, 3.8) is 0 Å².